The highest BCUT2D eigenvalue weighted by Gasteiger charge is 2.27. The van der Waals surface area contributed by atoms with Gasteiger partial charge in [0.1, 0.15) is 12.4 Å². The first-order valence-electron chi connectivity index (χ1n) is 9.13. The van der Waals surface area contributed by atoms with E-state index >= 15 is 0 Å². The molecule has 4 rings (SSSR count). The molecule has 0 radical (unpaired) electrons. The minimum atomic E-state index is 0.113. The van der Waals surface area contributed by atoms with Gasteiger partial charge in [0.05, 0.1) is 6.61 Å². The number of nitrogens with one attached hydrogen (secondary N) is 1. The van der Waals surface area contributed by atoms with Crippen molar-refractivity contribution in [1.82, 2.24) is 20.1 Å². The van der Waals surface area contributed by atoms with Crippen molar-refractivity contribution in [2.45, 2.75) is 31.6 Å². The van der Waals surface area contributed by atoms with Crippen LogP contribution >= 0.6 is 0 Å². The topological polar surface area (TPSA) is 71.1 Å². The number of nitrogens with zero attached hydrogens (tertiary/aromatic N) is 3. The van der Waals surface area contributed by atoms with Crippen molar-refractivity contribution >= 4 is 5.91 Å². The fourth-order valence-corrected chi connectivity index (χ4v) is 3.26. The van der Waals surface area contributed by atoms with E-state index < -0.39 is 0 Å². The summed E-state index contributed by atoms with van der Waals surface area (Å²) in [5.74, 6) is 2.81. The highest BCUT2D eigenvalue weighted by atomic mass is 16.5. The number of H-pyrrole nitrogens is 1. The average Bonchev–Trinajstić information content (AvgIpc) is 3.35. The smallest absolute Gasteiger partial charge is 0.248 e. The number of hydrogen-bond donors (Lipinski definition) is 1. The van der Waals surface area contributed by atoms with E-state index in [0.29, 0.717) is 11.8 Å². The SMILES string of the molecule is O=C(COCC1CC1)N1CCC(c2nc(-c3ccccc3)n[nH]2)CC1. The summed E-state index contributed by atoms with van der Waals surface area (Å²) < 4.78 is 5.52. The van der Waals surface area contributed by atoms with E-state index in [0.717, 1.165) is 49.8 Å². The number of hydrogen-bond acceptors (Lipinski definition) is 4. The van der Waals surface area contributed by atoms with Crippen molar-refractivity contribution in [3.63, 3.8) is 0 Å². The normalized spacial score (nSPS) is 18.5. The minimum absolute atomic E-state index is 0.113. The molecular formula is C19H24N4O2. The Morgan fingerprint density at radius 1 is 1.16 bits per heavy atom. The molecule has 1 aromatic heterocycles. The number of ether oxygens (including phenoxy) is 1. The lowest BCUT2D eigenvalue weighted by atomic mass is 9.96. The summed E-state index contributed by atoms with van der Waals surface area (Å²) in [7, 11) is 0. The van der Waals surface area contributed by atoms with Gasteiger partial charge in [0.25, 0.3) is 0 Å². The molecule has 1 saturated carbocycles. The van der Waals surface area contributed by atoms with E-state index in [4.69, 9.17) is 4.74 Å². The van der Waals surface area contributed by atoms with Crippen molar-refractivity contribution in [2.75, 3.05) is 26.3 Å². The summed E-state index contributed by atoms with van der Waals surface area (Å²) >= 11 is 0. The number of aromatic nitrogens is 3. The van der Waals surface area contributed by atoms with Crippen LogP contribution in [0.25, 0.3) is 11.4 Å². The first-order chi connectivity index (χ1) is 12.3. The number of rotatable bonds is 6. The summed E-state index contributed by atoms with van der Waals surface area (Å²) in [5.41, 5.74) is 1.02. The van der Waals surface area contributed by atoms with Crippen LogP contribution in [0.5, 0.6) is 0 Å². The second-order valence-corrected chi connectivity index (χ2v) is 7.02. The Morgan fingerprint density at radius 2 is 1.92 bits per heavy atom. The number of aromatic amines is 1. The quantitative estimate of drug-likeness (QED) is 0.877. The molecule has 2 aliphatic rings. The van der Waals surface area contributed by atoms with Gasteiger partial charge in [0.2, 0.25) is 5.91 Å². The average molecular weight is 340 g/mol. The first-order valence-corrected chi connectivity index (χ1v) is 9.13. The van der Waals surface area contributed by atoms with E-state index in [9.17, 15) is 4.79 Å². The molecule has 1 aliphatic heterocycles. The maximum atomic E-state index is 12.2. The summed E-state index contributed by atoms with van der Waals surface area (Å²) in [5, 5.41) is 7.42. The van der Waals surface area contributed by atoms with Crippen LogP contribution in [0.3, 0.4) is 0 Å². The van der Waals surface area contributed by atoms with Crippen molar-refractivity contribution in [3.05, 3.63) is 36.2 Å². The van der Waals surface area contributed by atoms with Gasteiger partial charge in [-0.25, -0.2) is 4.98 Å². The van der Waals surface area contributed by atoms with Gasteiger partial charge < -0.3 is 9.64 Å². The Labute approximate surface area is 147 Å². The van der Waals surface area contributed by atoms with Crippen LogP contribution in [0, 0.1) is 5.92 Å². The molecule has 1 amide bonds. The minimum Gasteiger partial charge on any atom is -0.371 e. The van der Waals surface area contributed by atoms with Gasteiger partial charge in [0.15, 0.2) is 5.82 Å². The third-order valence-corrected chi connectivity index (χ3v) is 5.05. The van der Waals surface area contributed by atoms with Crippen molar-refractivity contribution in [1.29, 1.82) is 0 Å². The molecule has 6 heteroatoms. The number of piperidine rings is 1. The van der Waals surface area contributed by atoms with Crippen LogP contribution in [0.15, 0.2) is 30.3 Å². The number of amides is 1. The maximum absolute atomic E-state index is 12.2. The molecule has 2 fully saturated rings. The summed E-state index contributed by atoms with van der Waals surface area (Å²) in [4.78, 5) is 18.8. The molecule has 0 atom stereocenters. The monoisotopic (exact) mass is 340 g/mol. The molecule has 25 heavy (non-hydrogen) atoms. The lowest BCUT2D eigenvalue weighted by molar-refractivity contribution is -0.137. The fraction of sp³-hybridized carbons (Fsp3) is 0.526. The molecule has 0 spiro atoms. The zero-order chi connectivity index (χ0) is 17.1. The van der Waals surface area contributed by atoms with Gasteiger partial charge in [0, 0.05) is 24.6 Å². The highest BCUT2D eigenvalue weighted by Crippen LogP contribution is 2.29. The molecule has 0 unspecified atom stereocenters. The van der Waals surface area contributed by atoms with Crippen LogP contribution in [0.2, 0.25) is 0 Å². The molecule has 132 valence electrons. The molecule has 2 aromatic rings. The number of benzene rings is 1. The lowest BCUT2D eigenvalue weighted by Gasteiger charge is -2.31. The van der Waals surface area contributed by atoms with Crippen LogP contribution in [-0.2, 0) is 9.53 Å². The molecule has 1 saturated heterocycles. The standard InChI is InChI=1S/C19H24N4O2/c24-17(13-25-12-14-6-7-14)23-10-8-16(9-11-23)19-20-18(21-22-19)15-4-2-1-3-5-15/h1-5,14,16H,6-13H2,(H,20,21,22). The number of likely N-dealkylation sites (tertiary alicyclic amines) is 1. The van der Waals surface area contributed by atoms with E-state index in [2.05, 4.69) is 15.2 Å². The van der Waals surface area contributed by atoms with Crippen LogP contribution in [-0.4, -0.2) is 52.3 Å². The zero-order valence-electron chi connectivity index (χ0n) is 14.4. The zero-order valence-corrected chi connectivity index (χ0v) is 14.4. The molecule has 0 bridgehead atoms. The van der Waals surface area contributed by atoms with E-state index in [1.807, 2.05) is 35.2 Å². The molecule has 1 aromatic carbocycles. The van der Waals surface area contributed by atoms with E-state index in [-0.39, 0.29) is 12.5 Å². The number of carbonyl (C=O) groups excluding carboxylic acids is 1. The Balaban J connectivity index is 1.28. The van der Waals surface area contributed by atoms with Gasteiger partial charge >= 0.3 is 0 Å². The maximum Gasteiger partial charge on any atom is 0.248 e. The first kappa shape index (κ1) is 16.3. The van der Waals surface area contributed by atoms with Crippen LogP contribution in [0.4, 0.5) is 0 Å². The van der Waals surface area contributed by atoms with Crippen molar-refractivity contribution in [2.24, 2.45) is 5.92 Å². The van der Waals surface area contributed by atoms with Crippen molar-refractivity contribution in [3.8, 4) is 11.4 Å². The largest absolute Gasteiger partial charge is 0.371 e. The van der Waals surface area contributed by atoms with Crippen LogP contribution < -0.4 is 0 Å². The second-order valence-electron chi connectivity index (χ2n) is 7.02. The Hall–Kier alpha value is -2.21. The van der Waals surface area contributed by atoms with Crippen molar-refractivity contribution < 1.29 is 9.53 Å². The third kappa shape index (κ3) is 4.07. The van der Waals surface area contributed by atoms with Gasteiger partial charge in [-0.05, 0) is 31.6 Å². The predicted molar refractivity (Wildman–Crippen MR) is 93.9 cm³/mol. The van der Waals surface area contributed by atoms with Gasteiger partial charge in [-0.15, -0.1) is 0 Å². The Bertz CT molecular complexity index is 703. The lowest BCUT2D eigenvalue weighted by Crippen LogP contribution is -2.40. The molecule has 2 heterocycles. The Morgan fingerprint density at radius 3 is 2.64 bits per heavy atom. The van der Waals surface area contributed by atoms with E-state index in [1.54, 1.807) is 0 Å². The van der Waals surface area contributed by atoms with E-state index in [1.165, 1.54) is 12.8 Å². The molecule has 6 nitrogen and oxygen atoms in total. The highest BCUT2D eigenvalue weighted by molar-refractivity contribution is 5.77. The van der Waals surface area contributed by atoms with Crippen LogP contribution in [0.1, 0.15) is 37.4 Å². The van der Waals surface area contributed by atoms with Gasteiger partial charge in [-0.3, -0.25) is 9.89 Å². The van der Waals surface area contributed by atoms with Gasteiger partial charge in [-0.1, -0.05) is 30.3 Å². The van der Waals surface area contributed by atoms with Gasteiger partial charge in [-0.2, -0.15) is 5.10 Å². The summed E-state index contributed by atoms with van der Waals surface area (Å²) in [6.07, 6.45) is 4.33. The summed E-state index contributed by atoms with van der Waals surface area (Å²) in [6.45, 7) is 2.49. The number of carbonyl (C=O) groups is 1. The predicted octanol–water partition coefficient (Wildman–Crippen LogP) is 2.60. The molecular weight excluding hydrogens is 316 g/mol. The summed E-state index contributed by atoms with van der Waals surface area (Å²) in [6, 6.07) is 9.98. The third-order valence-electron chi connectivity index (χ3n) is 5.05. The second kappa shape index (κ2) is 7.35. The molecule has 1 aliphatic carbocycles. The molecule has 1 N–H and O–H groups in total. The fourth-order valence-electron chi connectivity index (χ4n) is 3.26. The Kier molecular flexibility index (Phi) is 4.78.